The number of nitrogens with zero attached hydrogens (tertiary/aromatic N) is 2. The lowest BCUT2D eigenvalue weighted by Crippen LogP contribution is -2.06. The Morgan fingerprint density at radius 2 is 2.42 bits per heavy atom. The third-order valence-corrected chi connectivity index (χ3v) is 1.23. The summed E-state index contributed by atoms with van der Waals surface area (Å²) in [5.41, 5.74) is 1.93. The van der Waals surface area contributed by atoms with Gasteiger partial charge >= 0.3 is 0 Å². The third kappa shape index (κ3) is 4.45. The Bertz CT molecular complexity index is 206. The maximum atomic E-state index is 9.17. The summed E-state index contributed by atoms with van der Waals surface area (Å²) in [5, 5.41) is 0. The first-order chi connectivity index (χ1) is 5.72. The molecule has 0 unspecified atom stereocenters. The monoisotopic (exact) mass is 171 g/mol. The minimum absolute atomic E-state index is 0.458. The van der Waals surface area contributed by atoms with Crippen molar-refractivity contribution < 1.29 is 9.63 Å². The highest BCUT2D eigenvalue weighted by Crippen LogP contribution is 1.86. The number of nitrogens with one attached hydrogen (secondary N) is 1. The lowest BCUT2D eigenvalue weighted by molar-refractivity contribution is -0.118. The van der Waals surface area contributed by atoms with Gasteiger partial charge in [0, 0.05) is 19.4 Å². The SMILES string of the molecule is CONC=O.Cc1nccn1C. The van der Waals surface area contributed by atoms with Crippen LogP contribution in [0.1, 0.15) is 5.82 Å². The van der Waals surface area contributed by atoms with Crippen molar-refractivity contribution >= 4 is 6.41 Å². The van der Waals surface area contributed by atoms with E-state index in [1.807, 2.05) is 30.2 Å². The van der Waals surface area contributed by atoms with Crippen LogP contribution >= 0.6 is 0 Å². The molecule has 0 aliphatic rings. The first-order valence-corrected chi connectivity index (χ1v) is 3.38. The molecule has 5 nitrogen and oxygen atoms in total. The van der Waals surface area contributed by atoms with E-state index in [9.17, 15) is 0 Å². The van der Waals surface area contributed by atoms with Crippen LogP contribution in [0.2, 0.25) is 0 Å². The van der Waals surface area contributed by atoms with Crippen LogP contribution in [0.4, 0.5) is 0 Å². The van der Waals surface area contributed by atoms with Crippen molar-refractivity contribution in [2.24, 2.45) is 7.05 Å². The summed E-state index contributed by atoms with van der Waals surface area (Å²) in [7, 11) is 3.34. The number of amides is 1. The number of carbonyl (C=O) groups is 1. The van der Waals surface area contributed by atoms with Gasteiger partial charge in [0.25, 0.3) is 0 Å². The maximum Gasteiger partial charge on any atom is 0.230 e. The largest absolute Gasteiger partial charge is 0.338 e. The Labute approximate surface area is 71.3 Å². The van der Waals surface area contributed by atoms with E-state index in [1.165, 1.54) is 7.11 Å². The van der Waals surface area contributed by atoms with Crippen molar-refractivity contribution in [3.63, 3.8) is 0 Å². The summed E-state index contributed by atoms with van der Waals surface area (Å²) < 4.78 is 1.97. The molecule has 1 rings (SSSR count). The van der Waals surface area contributed by atoms with Gasteiger partial charge in [0.2, 0.25) is 6.41 Å². The number of hydroxylamine groups is 1. The quantitative estimate of drug-likeness (QED) is 0.504. The highest BCUT2D eigenvalue weighted by Gasteiger charge is 1.83. The molecular formula is C7H13N3O2. The molecule has 1 aromatic rings. The van der Waals surface area contributed by atoms with Crippen LogP contribution in [0.25, 0.3) is 0 Å². The molecule has 0 radical (unpaired) electrons. The second-order valence-electron chi connectivity index (χ2n) is 2.03. The Morgan fingerprint density at radius 3 is 2.50 bits per heavy atom. The zero-order chi connectivity index (χ0) is 9.40. The van der Waals surface area contributed by atoms with E-state index in [1.54, 1.807) is 6.20 Å². The molecule has 1 N–H and O–H groups in total. The van der Waals surface area contributed by atoms with E-state index in [0.717, 1.165) is 5.82 Å². The zero-order valence-corrected chi connectivity index (χ0v) is 7.44. The van der Waals surface area contributed by atoms with Crippen molar-refractivity contribution in [1.82, 2.24) is 15.0 Å². The van der Waals surface area contributed by atoms with Gasteiger partial charge in [-0.2, -0.15) is 0 Å². The van der Waals surface area contributed by atoms with Gasteiger partial charge in [0.05, 0.1) is 7.11 Å². The predicted octanol–water partition coefficient (Wildman–Crippen LogP) is 0.0223. The number of carbonyl (C=O) groups excluding carboxylic acids is 1. The molecule has 0 atom stereocenters. The molecule has 0 saturated heterocycles. The third-order valence-electron chi connectivity index (χ3n) is 1.23. The molecule has 1 aromatic heterocycles. The van der Waals surface area contributed by atoms with Gasteiger partial charge in [-0.3, -0.25) is 9.63 Å². The van der Waals surface area contributed by atoms with Gasteiger partial charge in [-0.25, -0.2) is 10.5 Å². The van der Waals surface area contributed by atoms with Gasteiger partial charge in [-0.15, -0.1) is 0 Å². The van der Waals surface area contributed by atoms with Crippen LogP contribution in [0.3, 0.4) is 0 Å². The number of imidazole rings is 1. The summed E-state index contributed by atoms with van der Waals surface area (Å²) in [6.07, 6.45) is 4.17. The molecule has 12 heavy (non-hydrogen) atoms. The van der Waals surface area contributed by atoms with E-state index in [2.05, 4.69) is 9.82 Å². The molecule has 68 valence electrons. The molecule has 1 heterocycles. The van der Waals surface area contributed by atoms with Crippen LogP contribution in [0, 0.1) is 6.92 Å². The molecule has 1 amide bonds. The normalized spacial score (nSPS) is 8.25. The van der Waals surface area contributed by atoms with Crippen LogP contribution in [0.15, 0.2) is 12.4 Å². The second-order valence-corrected chi connectivity index (χ2v) is 2.03. The summed E-state index contributed by atoms with van der Waals surface area (Å²) >= 11 is 0. The van der Waals surface area contributed by atoms with Gasteiger partial charge in [-0.1, -0.05) is 0 Å². The van der Waals surface area contributed by atoms with Crippen molar-refractivity contribution in [2.75, 3.05) is 7.11 Å². The molecule has 0 aliphatic heterocycles. The summed E-state index contributed by atoms with van der Waals surface area (Å²) in [5.74, 6) is 1.06. The number of hydrogen-bond acceptors (Lipinski definition) is 3. The summed E-state index contributed by atoms with van der Waals surface area (Å²) in [6, 6.07) is 0. The molecule has 0 fully saturated rings. The van der Waals surface area contributed by atoms with Crippen molar-refractivity contribution in [2.45, 2.75) is 6.92 Å². The van der Waals surface area contributed by atoms with Crippen LogP contribution in [-0.2, 0) is 16.7 Å². The summed E-state index contributed by atoms with van der Waals surface area (Å²) in [4.78, 5) is 17.2. The average molecular weight is 171 g/mol. The molecule has 0 spiro atoms. The van der Waals surface area contributed by atoms with Crippen LogP contribution < -0.4 is 5.48 Å². The molecule has 0 aliphatic carbocycles. The van der Waals surface area contributed by atoms with Gasteiger partial charge < -0.3 is 4.57 Å². The topological polar surface area (TPSA) is 56.1 Å². The highest BCUT2D eigenvalue weighted by molar-refractivity contribution is 5.43. The predicted molar refractivity (Wildman–Crippen MR) is 44.2 cm³/mol. The second kappa shape index (κ2) is 6.36. The fourth-order valence-electron chi connectivity index (χ4n) is 0.488. The van der Waals surface area contributed by atoms with Gasteiger partial charge in [0.1, 0.15) is 5.82 Å². The lowest BCUT2D eigenvalue weighted by atomic mass is 10.7. The van der Waals surface area contributed by atoms with Crippen molar-refractivity contribution in [3.8, 4) is 0 Å². The minimum Gasteiger partial charge on any atom is -0.338 e. The fraction of sp³-hybridized carbons (Fsp3) is 0.429. The molecule has 0 aromatic carbocycles. The Hall–Kier alpha value is -1.36. The van der Waals surface area contributed by atoms with E-state index in [0.29, 0.717) is 6.41 Å². The fourth-order valence-corrected chi connectivity index (χ4v) is 0.488. The van der Waals surface area contributed by atoms with Crippen molar-refractivity contribution in [3.05, 3.63) is 18.2 Å². The Kier molecular flexibility index (Phi) is 5.64. The molecular weight excluding hydrogens is 158 g/mol. The highest BCUT2D eigenvalue weighted by atomic mass is 16.6. The maximum absolute atomic E-state index is 9.17. The van der Waals surface area contributed by atoms with Crippen molar-refractivity contribution in [1.29, 1.82) is 0 Å². The van der Waals surface area contributed by atoms with E-state index in [4.69, 9.17) is 4.79 Å². The number of rotatable bonds is 2. The van der Waals surface area contributed by atoms with Gasteiger partial charge in [-0.05, 0) is 6.92 Å². The minimum atomic E-state index is 0.458. The number of aryl methyl sites for hydroxylation is 2. The molecule has 0 bridgehead atoms. The average Bonchev–Trinajstić information content (AvgIpc) is 2.39. The van der Waals surface area contributed by atoms with Crippen LogP contribution in [-0.4, -0.2) is 23.1 Å². The zero-order valence-electron chi connectivity index (χ0n) is 7.44. The van der Waals surface area contributed by atoms with E-state index >= 15 is 0 Å². The standard InChI is InChI=1S/C5H8N2.C2H5NO2/c1-5-6-3-4-7(5)2;1-5-3-2-4/h3-4H,1-2H3;2H,1H3,(H,3,4). The Balaban J connectivity index is 0.000000217. The molecule has 0 saturated carbocycles. The van der Waals surface area contributed by atoms with E-state index < -0.39 is 0 Å². The van der Waals surface area contributed by atoms with E-state index in [-0.39, 0.29) is 0 Å². The first kappa shape index (κ1) is 10.6. The smallest absolute Gasteiger partial charge is 0.230 e. The summed E-state index contributed by atoms with van der Waals surface area (Å²) in [6.45, 7) is 1.97. The number of hydrogen-bond donors (Lipinski definition) is 1. The van der Waals surface area contributed by atoms with Gasteiger partial charge in [0.15, 0.2) is 0 Å². The van der Waals surface area contributed by atoms with Crippen LogP contribution in [0.5, 0.6) is 0 Å². The Morgan fingerprint density at radius 1 is 1.75 bits per heavy atom. The lowest BCUT2D eigenvalue weighted by Gasteiger charge is -1.87. The molecule has 5 heteroatoms. The number of aromatic nitrogens is 2. The first-order valence-electron chi connectivity index (χ1n) is 3.38.